The highest BCUT2D eigenvalue weighted by molar-refractivity contribution is 14.1. The summed E-state index contributed by atoms with van der Waals surface area (Å²) in [4.78, 5) is 11.2. The summed E-state index contributed by atoms with van der Waals surface area (Å²) in [6.45, 7) is 0. The Labute approximate surface area is 107 Å². The van der Waals surface area contributed by atoms with Crippen LogP contribution in [0.2, 0.25) is 5.02 Å². The third kappa shape index (κ3) is 2.64. The van der Waals surface area contributed by atoms with Gasteiger partial charge < -0.3 is 5.11 Å². The fraction of sp³-hybridized carbons (Fsp3) is 0.364. The summed E-state index contributed by atoms with van der Waals surface area (Å²) < 4.78 is 0.988. The van der Waals surface area contributed by atoms with E-state index in [9.17, 15) is 9.90 Å². The van der Waals surface area contributed by atoms with Gasteiger partial charge in [-0.15, -0.1) is 0 Å². The molecule has 1 saturated carbocycles. The van der Waals surface area contributed by atoms with E-state index < -0.39 is 5.97 Å². The first kappa shape index (κ1) is 11.2. The molecule has 0 heterocycles. The van der Waals surface area contributed by atoms with Crippen LogP contribution < -0.4 is 0 Å². The van der Waals surface area contributed by atoms with Crippen molar-refractivity contribution in [3.05, 3.63) is 32.4 Å². The lowest BCUT2D eigenvalue weighted by Crippen LogP contribution is -2.13. The lowest BCUT2D eigenvalue weighted by Gasteiger charge is -2.12. The van der Waals surface area contributed by atoms with Gasteiger partial charge >= 0.3 is 5.97 Å². The van der Waals surface area contributed by atoms with E-state index in [2.05, 4.69) is 22.6 Å². The average molecular weight is 337 g/mol. The summed E-state index contributed by atoms with van der Waals surface area (Å²) in [6.07, 6.45) is 2.03. The topological polar surface area (TPSA) is 37.3 Å². The largest absolute Gasteiger partial charge is 0.481 e. The van der Waals surface area contributed by atoms with Gasteiger partial charge in [0.05, 0.1) is 5.92 Å². The normalized spacial score (nSPS) is 17.5. The zero-order valence-corrected chi connectivity index (χ0v) is 10.8. The number of carbonyl (C=O) groups is 1. The van der Waals surface area contributed by atoms with Crippen LogP contribution in [0.5, 0.6) is 0 Å². The monoisotopic (exact) mass is 336 g/mol. The molecule has 15 heavy (non-hydrogen) atoms. The Morgan fingerprint density at radius 1 is 1.47 bits per heavy atom. The van der Waals surface area contributed by atoms with Gasteiger partial charge in [0.15, 0.2) is 0 Å². The molecule has 1 unspecified atom stereocenters. The Bertz CT molecular complexity index is 381. The Morgan fingerprint density at radius 2 is 2.13 bits per heavy atom. The van der Waals surface area contributed by atoms with Crippen LogP contribution in [0.1, 0.15) is 24.3 Å². The number of carboxylic acid groups (broad SMARTS) is 1. The molecule has 1 atom stereocenters. The van der Waals surface area contributed by atoms with Crippen molar-refractivity contribution in [1.29, 1.82) is 0 Å². The lowest BCUT2D eigenvalue weighted by atomic mass is 9.94. The molecule has 1 aliphatic carbocycles. The van der Waals surface area contributed by atoms with Crippen molar-refractivity contribution in [2.75, 3.05) is 0 Å². The predicted octanol–water partition coefficient (Wildman–Crippen LogP) is 3.52. The molecule has 1 aromatic rings. The van der Waals surface area contributed by atoms with Gasteiger partial charge in [-0.05, 0) is 65.1 Å². The zero-order valence-electron chi connectivity index (χ0n) is 7.91. The Kier molecular flexibility index (Phi) is 3.21. The van der Waals surface area contributed by atoms with E-state index in [1.807, 2.05) is 12.1 Å². The molecule has 0 spiro atoms. The van der Waals surface area contributed by atoms with Crippen molar-refractivity contribution in [3.63, 3.8) is 0 Å². The summed E-state index contributed by atoms with van der Waals surface area (Å²) >= 11 is 8.08. The highest BCUT2D eigenvalue weighted by atomic mass is 127. The molecule has 4 heteroatoms. The first-order valence-electron chi connectivity index (χ1n) is 4.76. The van der Waals surface area contributed by atoms with Crippen molar-refractivity contribution in [2.45, 2.75) is 18.8 Å². The second kappa shape index (κ2) is 4.29. The minimum atomic E-state index is -0.740. The SMILES string of the molecule is O=C(O)C(c1cc(Cl)cc(I)c1)C1CC1. The minimum absolute atomic E-state index is 0.303. The third-order valence-electron chi connectivity index (χ3n) is 2.60. The molecule has 2 rings (SSSR count). The van der Waals surface area contributed by atoms with Crippen molar-refractivity contribution < 1.29 is 9.90 Å². The van der Waals surface area contributed by atoms with Crippen molar-refractivity contribution in [2.24, 2.45) is 5.92 Å². The van der Waals surface area contributed by atoms with Crippen LogP contribution in [0.3, 0.4) is 0 Å². The van der Waals surface area contributed by atoms with Gasteiger partial charge in [0, 0.05) is 8.59 Å². The van der Waals surface area contributed by atoms with Gasteiger partial charge in [-0.2, -0.15) is 0 Å². The maximum Gasteiger partial charge on any atom is 0.311 e. The van der Waals surface area contributed by atoms with Gasteiger partial charge in [-0.1, -0.05) is 11.6 Å². The van der Waals surface area contributed by atoms with Crippen LogP contribution in [0.15, 0.2) is 18.2 Å². The fourth-order valence-corrected chi connectivity index (χ4v) is 2.92. The first-order chi connectivity index (χ1) is 7.08. The molecule has 1 aliphatic rings. The summed E-state index contributed by atoms with van der Waals surface area (Å²) in [5, 5.41) is 9.79. The second-order valence-corrected chi connectivity index (χ2v) is 5.54. The van der Waals surface area contributed by atoms with Crippen molar-refractivity contribution >= 4 is 40.2 Å². The summed E-state index contributed by atoms with van der Waals surface area (Å²) in [5.41, 5.74) is 0.835. The van der Waals surface area contributed by atoms with Gasteiger partial charge in [-0.3, -0.25) is 4.79 Å². The smallest absolute Gasteiger partial charge is 0.311 e. The Balaban J connectivity index is 2.36. The first-order valence-corrected chi connectivity index (χ1v) is 6.22. The molecule has 0 saturated heterocycles. The Morgan fingerprint density at radius 3 is 2.60 bits per heavy atom. The molecule has 0 aromatic heterocycles. The van der Waals surface area contributed by atoms with Crippen LogP contribution in [0, 0.1) is 9.49 Å². The van der Waals surface area contributed by atoms with Gasteiger partial charge in [-0.25, -0.2) is 0 Å². The maximum absolute atomic E-state index is 11.2. The Hall–Kier alpha value is -0.290. The van der Waals surface area contributed by atoms with Gasteiger partial charge in [0.2, 0.25) is 0 Å². The standard InChI is InChI=1S/C11H10ClIO2/c12-8-3-7(4-9(13)5-8)10(11(14)15)6-1-2-6/h3-6,10H,1-2H2,(H,14,15). The minimum Gasteiger partial charge on any atom is -0.481 e. The number of carboxylic acids is 1. The van der Waals surface area contributed by atoms with Gasteiger partial charge in [0.1, 0.15) is 0 Å². The highest BCUT2D eigenvalue weighted by Crippen LogP contribution is 2.43. The van der Waals surface area contributed by atoms with Crippen LogP contribution in [0.4, 0.5) is 0 Å². The number of halogens is 2. The van der Waals surface area contributed by atoms with E-state index in [1.54, 1.807) is 6.07 Å². The van der Waals surface area contributed by atoms with Gasteiger partial charge in [0.25, 0.3) is 0 Å². The fourth-order valence-electron chi connectivity index (χ4n) is 1.80. The van der Waals surface area contributed by atoms with E-state index >= 15 is 0 Å². The highest BCUT2D eigenvalue weighted by Gasteiger charge is 2.37. The summed E-state index contributed by atoms with van der Waals surface area (Å²) in [6, 6.07) is 5.50. The predicted molar refractivity (Wildman–Crippen MR) is 67.3 cm³/mol. The van der Waals surface area contributed by atoms with E-state index in [1.165, 1.54) is 0 Å². The van der Waals surface area contributed by atoms with E-state index in [4.69, 9.17) is 11.6 Å². The molecule has 1 N–H and O–H groups in total. The molecule has 80 valence electrons. The lowest BCUT2D eigenvalue weighted by molar-refractivity contribution is -0.139. The van der Waals surface area contributed by atoms with Crippen LogP contribution >= 0.6 is 34.2 Å². The van der Waals surface area contributed by atoms with E-state index in [-0.39, 0.29) is 5.92 Å². The van der Waals surface area contributed by atoms with Crippen LogP contribution in [-0.2, 0) is 4.79 Å². The second-order valence-electron chi connectivity index (χ2n) is 3.86. The average Bonchev–Trinajstić information content (AvgIpc) is 2.85. The number of benzene rings is 1. The molecule has 0 amide bonds. The van der Waals surface area contributed by atoms with Crippen LogP contribution in [0.25, 0.3) is 0 Å². The summed E-state index contributed by atoms with van der Waals surface area (Å²) in [7, 11) is 0. The van der Waals surface area contributed by atoms with Crippen LogP contribution in [-0.4, -0.2) is 11.1 Å². The third-order valence-corrected chi connectivity index (χ3v) is 3.44. The molecular weight excluding hydrogens is 326 g/mol. The molecule has 1 fully saturated rings. The maximum atomic E-state index is 11.2. The molecule has 1 aromatic carbocycles. The number of hydrogen-bond donors (Lipinski definition) is 1. The van der Waals surface area contributed by atoms with E-state index in [0.29, 0.717) is 10.9 Å². The quantitative estimate of drug-likeness (QED) is 0.858. The molecule has 2 nitrogen and oxygen atoms in total. The molecule has 0 aliphatic heterocycles. The zero-order chi connectivity index (χ0) is 11.0. The number of hydrogen-bond acceptors (Lipinski definition) is 1. The van der Waals surface area contributed by atoms with E-state index in [0.717, 1.165) is 22.0 Å². The number of aliphatic carboxylic acids is 1. The molecular formula is C11H10ClIO2. The van der Waals surface area contributed by atoms with Crippen molar-refractivity contribution in [1.82, 2.24) is 0 Å². The van der Waals surface area contributed by atoms with Crippen molar-refractivity contribution in [3.8, 4) is 0 Å². The molecule has 0 bridgehead atoms. The molecule has 0 radical (unpaired) electrons. The summed E-state index contributed by atoms with van der Waals surface area (Å²) in [5.74, 6) is -0.815. The number of rotatable bonds is 3.